The van der Waals surface area contributed by atoms with Crippen LogP contribution in [0.4, 0.5) is 9.59 Å². The van der Waals surface area contributed by atoms with Crippen LogP contribution in [0.5, 0.6) is 0 Å². The molecule has 6 heterocycles. The lowest BCUT2D eigenvalue weighted by atomic mass is 9.97. The van der Waals surface area contributed by atoms with Gasteiger partial charge in [-0.2, -0.15) is 0 Å². The summed E-state index contributed by atoms with van der Waals surface area (Å²) in [6.45, 7) is 16.0. The van der Waals surface area contributed by atoms with Crippen LogP contribution >= 0.6 is 0 Å². The van der Waals surface area contributed by atoms with Crippen LogP contribution in [0.1, 0.15) is 113 Å². The first-order valence-electron chi connectivity index (χ1n) is 22.8. The number of fused-ring (bicyclic) bond motifs is 7. The topological polar surface area (TPSA) is 163 Å². The van der Waals surface area contributed by atoms with Crippen LogP contribution < -0.4 is 0 Å². The molecule has 0 saturated carbocycles. The average molecular weight is 911 g/mol. The standard InChI is InChI=1S/C28H28N2O5.C22H34N2O5.2CH4/c1-16-14-24(27(32)33)30-23(16)11-10-17-12-13-29(25(17)26(30)31)28(34)35-15-22-20-8-4-2-6-18(20)19-7-3-5-9-21(19)22;1-13-12-16(19(26)28-21(2,3)4)24-15(13)9-8-14-10-11-23(17(14)18(24)25)20(27)29-22(5,6)7;;/h2-11,16-17,22-25H,12-15H2,1H3,(H,32,33);8-9,13-17H,10-12H2,1-7H3;2*1H4/t16-,17+,23+,24+,25+;13-,14+,15+,16+,17+;;/m11../s1. The third-order valence-corrected chi connectivity index (χ3v) is 13.8. The molecule has 0 aromatic heterocycles. The van der Waals surface area contributed by atoms with Gasteiger partial charge in [-0.25, -0.2) is 19.2 Å². The summed E-state index contributed by atoms with van der Waals surface area (Å²) in [5, 5.41) is 9.74. The summed E-state index contributed by atoms with van der Waals surface area (Å²) >= 11 is 0. The van der Waals surface area contributed by atoms with Gasteiger partial charge in [-0.15, -0.1) is 0 Å². The van der Waals surface area contributed by atoms with Crippen molar-refractivity contribution < 1.29 is 48.1 Å². The third kappa shape index (κ3) is 9.34. The number of carboxylic acid groups (broad SMARTS) is 1. The molecule has 6 aliphatic heterocycles. The molecule has 2 aromatic rings. The van der Waals surface area contributed by atoms with E-state index in [9.17, 15) is 33.9 Å². The van der Waals surface area contributed by atoms with Gasteiger partial charge in [-0.05, 0) is 101 Å². The fourth-order valence-corrected chi connectivity index (χ4v) is 11.0. The summed E-state index contributed by atoms with van der Waals surface area (Å²) < 4.78 is 17.0. The minimum absolute atomic E-state index is 0. The number of likely N-dealkylation sites (tertiary alicyclic amines) is 2. The van der Waals surface area contributed by atoms with Gasteiger partial charge in [0.15, 0.2) is 0 Å². The Morgan fingerprint density at radius 2 is 1.08 bits per heavy atom. The Labute approximate surface area is 390 Å². The molecule has 66 heavy (non-hydrogen) atoms. The fourth-order valence-electron chi connectivity index (χ4n) is 11.0. The van der Waals surface area contributed by atoms with E-state index >= 15 is 0 Å². The quantitative estimate of drug-likeness (QED) is 0.179. The van der Waals surface area contributed by atoms with Crippen LogP contribution in [0.15, 0.2) is 72.8 Å². The number of esters is 1. The Morgan fingerprint density at radius 3 is 1.55 bits per heavy atom. The molecule has 10 atom stereocenters. The molecule has 1 aliphatic carbocycles. The molecule has 4 fully saturated rings. The first-order valence-corrected chi connectivity index (χ1v) is 22.8. The number of nitrogens with zero attached hydrogens (tertiary/aromatic N) is 4. The second-order valence-electron chi connectivity index (χ2n) is 20.5. The van der Waals surface area contributed by atoms with Gasteiger partial charge in [0.25, 0.3) is 0 Å². The number of hydrogen-bond acceptors (Lipinski definition) is 9. The molecule has 0 spiro atoms. The highest BCUT2D eigenvalue weighted by atomic mass is 16.6. The van der Waals surface area contributed by atoms with Crippen molar-refractivity contribution in [3.63, 3.8) is 0 Å². The van der Waals surface area contributed by atoms with Crippen LogP contribution in [0, 0.1) is 23.7 Å². The van der Waals surface area contributed by atoms with E-state index in [0.29, 0.717) is 38.8 Å². The van der Waals surface area contributed by atoms with E-state index in [1.165, 1.54) is 14.7 Å². The molecule has 14 heteroatoms. The Balaban J connectivity index is 0.000000216. The second kappa shape index (κ2) is 18.9. The molecule has 2 aromatic carbocycles. The molecular formula is C52H70N4O10. The summed E-state index contributed by atoms with van der Waals surface area (Å²) in [4.78, 5) is 84.3. The number of aliphatic carboxylic acids is 1. The predicted molar refractivity (Wildman–Crippen MR) is 250 cm³/mol. The number of benzene rings is 2. The number of hydrogen-bond donors (Lipinski definition) is 1. The van der Waals surface area contributed by atoms with Crippen molar-refractivity contribution in [1.29, 1.82) is 0 Å². The molecule has 0 bridgehead atoms. The first-order chi connectivity index (χ1) is 30.2. The summed E-state index contributed by atoms with van der Waals surface area (Å²) in [7, 11) is 0. The number of rotatable bonds is 4. The van der Waals surface area contributed by atoms with E-state index in [4.69, 9.17) is 14.2 Å². The second-order valence-corrected chi connectivity index (χ2v) is 20.5. The average Bonchev–Trinajstić information content (AvgIpc) is 4.02. The van der Waals surface area contributed by atoms with E-state index in [2.05, 4.69) is 24.3 Å². The molecular weight excluding hydrogens is 841 g/mol. The van der Waals surface area contributed by atoms with Gasteiger partial charge < -0.3 is 29.1 Å². The van der Waals surface area contributed by atoms with Gasteiger partial charge in [0.05, 0.1) is 12.1 Å². The highest BCUT2D eigenvalue weighted by Gasteiger charge is 2.55. The molecule has 1 N–H and O–H groups in total. The van der Waals surface area contributed by atoms with E-state index < -0.39 is 53.5 Å². The number of carbonyl (C=O) groups is 6. The highest BCUT2D eigenvalue weighted by Crippen LogP contribution is 2.45. The van der Waals surface area contributed by atoms with E-state index in [1.54, 1.807) is 4.90 Å². The van der Waals surface area contributed by atoms with Crippen LogP contribution in [0.3, 0.4) is 0 Å². The largest absolute Gasteiger partial charge is 0.480 e. The molecule has 4 saturated heterocycles. The SMILES string of the molecule is C.C.C[C@@H]1C[C@@H](C(=O)O)N2C(=O)[C@@H]3[C@@H](C=C[C@@H]12)CCN3C(=O)OCC1c2ccccc2-c2ccccc21.C[C@@H]1C[C@@H](C(=O)OC(C)(C)C)N2C(=O)[C@@H]3[C@@H](C=C[C@@H]12)CCN3C(=O)OC(C)(C)C. The summed E-state index contributed by atoms with van der Waals surface area (Å²) in [5.41, 5.74) is 3.32. The third-order valence-electron chi connectivity index (χ3n) is 13.8. The van der Waals surface area contributed by atoms with Gasteiger partial charge in [-0.1, -0.05) is 102 Å². The van der Waals surface area contributed by atoms with Crippen molar-refractivity contribution >= 4 is 35.9 Å². The maximum atomic E-state index is 13.6. The zero-order chi connectivity index (χ0) is 46.0. The first kappa shape index (κ1) is 49.8. The zero-order valence-corrected chi connectivity index (χ0v) is 38.1. The normalized spacial score (nSPS) is 29.3. The number of amides is 4. The van der Waals surface area contributed by atoms with Gasteiger partial charge in [-0.3, -0.25) is 19.4 Å². The van der Waals surface area contributed by atoms with Crippen molar-refractivity contribution in [1.82, 2.24) is 19.6 Å². The number of carbonyl (C=O) groups excluding carboxylic acids is 5. The van der Waals surface area contributed by atoms with E-state index in [0.717, 1.165) is 22.3 Å². The maximum absolute atomic E-state index is 13.6. The van der Waals surface area contributed by atoms with Crippen molar-refractivity contribution in [3.8, 4) is 11.1 Å². The van der Waals surface area contributed by atoms with Crippen molar-refractivity contribution in [2.75, 3.05) is 19.7 Å². The van der Waals surface area contributed by atoms with Crippen LogP contribution in [0.2, 0.25) is 0 Å². The Morgan fingerprint density at radius 1 is 0.636 bits per heavy atom. The van der Waals surface area contributed by atoms with Gasteiger partial charge in [0.1, 0.15) is 42.0 Å². The minimum Gasteiger partial charge on any atom is -0.480 e. The Bertz CT molecular complexity index is 2210. The van der Waals surface area contributed by atoms with Crippen molar-refractivity contribution in [2.24, 2.45) is 23.7 Å². The summed E-state index contributed by atoms with van der Waals surface area (Å²) in [5.74, 6) is -1.91. The maximum Gasteiger partial charge on any atom is 0.410 e. The van der Waals surface area contributed by atoms with Gasteiger partial charge >= 0.3 is 24.1 Å². The molecule has 9 rings (SSSR count). The Hall–Kier alpha value is -5.66. The predicted octanol–water partition coefficient (Wildman–Crippen LogP) is 8.29. The lowest BCUT2D eigenvalue weighted by Crippen LogP contribution is -2.55. The summed E-state index contributed by atoms with van der Waals surface area (Å²) in [6.07, 6.45) is 9.40. The van der Waals surface area contributed by atoms with Crippen molar-refractivity contribution in [2.45, 2.75) is 149 Å². The lowest BCUT2D eigenvalue weighted by molar-refractivity contribution is -0.164. The van der Waals surface area contributed by atoms with Crippen LogP contribution in [-0.2, 0) is 33.4 Å². The van der Waals surface area contributed by atoms with Crippen molar-refractivity contribution in [3.05, 3.63) is 84.0 Å². The summed E-state index contributed by atoms with van der Waals surface area (Å²) in [6, 6.07) is 13.0. The number of ether oxygens (including phenoxy) is 3. The monoisotopic (exact) mass is 911 g/mol. The van der Waals surface area contributed by atoms with Crippen LogP contribution in [-0.4, -0.2) is 128 Å². The molecule has 0 unspecified atom stereocenters. The highest BCUT2D eigenvalue weighted by molar-refractivity contribution is 5.93. The fraction of sp³-hybridized carbons (Fsp3) is 0.577. The van der Waals surface area contributed by atoms with E-state index in [-0.39, 0.29) is 80.9 Å². The van der Waals surface area contributed by atoms with Gasteiger partial charge in [0.2, 0.25) is 11.8 Å². The van der Waals surface area contributed by atoms with E-state index in [1.807, 2.05) is 104 Å². The molecule has 14 nitrogen and oxygen atoms in total. The smallest absolute Gasteiger partial charge is 0.410 e. The molecule has 358 valence electrons. The molecule has 4 amide bonds. The molecule has 7 aliphatic rings. The zero-order valence-electron chi connectivity index (χ0n) is 38.1. The molecule has 0 radical (unpaired) electrons. The lowest BCUT2D eigenvalue weighted by Gasteiger charge is -2.34. The van der Waals surface area contributed by atoms with Gasteiger partial charge in [0, 0.05) is 30.8 Å². The minimum atomic E-state index is -0.995. The number of carboxylic acids is 1. The van der Waals surface area contributed by atoms with Crippen LogP contribution in [0.25, 0.3) is 11.1 Å². The Kier molecular flexibility index (Phi) is 14.3.